The summed E-state index contributed by atoms with van der Waals surface area (Å²) in [6.07, 6.45) is 6.37. The van der Waals surface area contributed by atoms with Gasteiger partial charge in [0.25, 0.3) is 0 Å². The first kappa shape index (κ1) is 13.8. The van der Waals surface area contributed by atoms with Crippen LogP contribution in [0.2, 0.25) is 0 Å². The molecule has 1 saturated carbocycles. The number of anilines is 1. The molecule has 0 amide bonds. The molecule has 2 heterocycles. The molecule has 106 valence electrons. The first-order valence-electron chi connectivity index (χ1n) is 7.16. The van der Waals surface area contributed by atoms with E-state index in [0.29, 0.717) is 0 Å². The van der Waals surface area contributed by atoms with E-state index in [4.69, 9.17) is 0 Å². The molecular formula is C15H19BrN4. The third-order valence-electron chi connectivity index (χ3n) is 3.73. The monoisotopic (exact) mass is 334 g/mol. The van der Waals surface area contributed by atoms with Gasteiger partial charge in [-0.05, 0) is 47.4 Å². The standard InChI is InChI=1S/C15H19BrN4/c1-2-20(12-3-4-12)8-7-18-13-5-6-17-14-9-11(16)10-19-15(13)14/h5-6,9-10,12H,2-4,7-8H2,1H3,(H,17,18). The Labute approximate surface area is 127 Å². The Morgan fingerprint density at radius 3 is 3.00 bits per heavy atom. The third-order valence-corrected chi connectivity index (χ3v) is 4.16. The Morgan fingerprint density at radius 1 is 1.40 bits per heavy atom. The fraction of sp³-hybridized carbons (Fsp3) is 0.467. The molecular weight excluding hydrogens is 316 g/mol. The second kappa shape index (κ2) is 6.06. The van der Waals surface area contributed by atoms with Gasteiger partial charge in [-0.1, -0.05) is 6.92 Å². The van der Waals surface area contributed by atoms with E-state index in [9.17, 15) is 0 Å². The van der Waals surface area contributed by atoms with Crippen molar-refractivity contribution in [3.05, 3.63) is 29.0 Å². The first-order chi connectivity index (χ1) is 9.78. The zero-order valence-electron chi connectivity index (χ0n) is 11.6. The van der Waals surface area contributed by atoms with E-state index < -0.39 is 0 Å². The average Bonchev–Trinajstić information content (AvgIpc) is 3.28. The Balaban J connectivity index is 1.67. The molecule has 0 unspecified atom stereocenters. The molecule has 1 fully saturated rings. The van der Waals surface area contributed by atoms with E-state index in [2.05, 4.69) is 43.0 Å². The van der Waals surface area contributed by atoms with E-state index in [1.165, 1.54) is 12.8 Å². The van der Waals surface area contributed by atoms with Crippen LogP contribution in [0, 0.1) is 0 Å². The van der Waals surface area contributed by atoms with Crippen molar-refractivity contribution < 1.29 is 0 Å². The quantitative estimate of drug-likeness (QED) is 0.880. The zero-order valence-corrected chi connectivity index (χ0v) is 13.2. The highest BCUT2D eigenvalue weighted by Crippen LogP contribution is 2.26. The number of likely N-dealkylation sites (N-methyl/N-ethyl adjacent to an activating group) is 1. The summed E-state index contributed by atoms with van der Waals surface area (Å²) >= 11 is 3.43. The van der Waals surface area contributed by atoms with Crippen LogP contribution in [0.3, 0.4) is 0 Å². The van der Waals surface area contributed by atoms with Gasteiger partial charge in [-0.3, -0.25) is 14.9 Å². The molecule has 1 aliphatic rings. The van der Waals surface area contributed by atoms with Crippen molar-refractivity contribution >= 4 is 32.7 Å². The fourth-order valence-electron chi connectivity index (χ4n) is 2.52. The minimum absolute atomic E-state index is 0.824. The van der Waals surface area contributed by atoms with Crippen molar-refractivity contribution in [1.82, 2.24) is 14.9 Å². The molecule has 1 aliphatic carbocycles. The number of rotatable bonds is 6. The molecule has 2 aromatic heterocycles. The van der Waals surface area contributed by atoms with Crippen LogP contribution in [0.25, 0.3) is 11.0 Å². The summed E-state index contributed by atoms with van der Waals surface area (Å²) in [4.78, 5) is 11.4. The summed E-state index contributed by atoms with van der Waals surface area (Å²) in [6.45, 7) is 5.40. The topological polar surface area (TPSA) is 41.0 Å². The normalized spacial score (nSPS) is 14.9. The molecule has 4 nitrogen and oxygen atoms in total. The van der Waals surface area contributed by atoms with Crippen molar-refractivity contribution in [3.63, 3.8) is 0 Å². The minimum Gasteiger partial charge on any atom is -0.382 e. The molecule has 0 saturated heterocycles. The molecule has 0 spiro atoms. The Morgan fingerprint density at radius 2 is 2.25 bits per heavy atom. The smallest absolute Gasteiger partial charge is 0.112 e. The van der Waals surface area contributed by atoms with Crippen molar-refractivity contribution in [3.8, 4) is 0 Å². The Kier molecular flexibility index (Phi) is 4.17. The lowest BCUT2D eigenvalue weighted by Gasteiger charge is -2.20. The molecule has 0 aromatic carbocycles. The highest BCUT2D eigenvalue weighted by molar-refractivity contribution is 9.10. The van der Waals surface area contributed by atoms with E-state index in [1.54, 1.807) is 0 Å². The number of nitrogens with one attached hydrogen (secondary N) is 1. The largest absolute Gasteiger partial charge is 0.382 e. The van der Waals surface area contributed by atoms with Crippen LogP contribution in [0.5, 0.6) is 0 Å². The highest BCUT2D eigenvalue weighted by atomic mass is 79.9. The lowest BCUT2D eigenvalue weighted by atomic mass is 10.3. The van der Waals surface area contributed by atoms with Crippen molar-refractivity contribution in [2.45, 2.75) is 25.8 Å². The van der Waals surface area contributed by atoms with Crippen LogP contribution in [-0.4, -0.2) is 40.5 Å². The Hall–Kier alpha value is -1.20. The van der Waals surface area contributed by atoms with Gasteiger partial charge >= 0.3 is 0 Å². The number of hydrogen-bond donors (Lipinski definition) is 1. The second-order valence-corrected chi connectivity index (χ2v) is 6.08. The van der Waals surface area contributed by atoms with Crippen LogP contribution in [0.1, 0.15) is 19.8 Å². The summed E-state index contributed by atoms with van der Waals surface area (Å²) in [5.41, 5.74) is 2.92. The maximum Gasteiger partial charge on any atom is 0.112 e. The summed E-state index contributed by atoms with van der Waals surface area (Å²) < 4.78 is 0.959. The van der Waals surface area contributed by atoms with Gasteiger partial charge in [-0.25, -0.2) is 0 Å². The van der Waals surface area contributed by atoms with Crippen LogP contribution in [0.15, 0.2) is 29.0 Å². The minimum atomic E-state index is 0.824. The predicted molar refractivity (Wildman–Crippen MR) is 86.0 cm³/mol. The van der Waals surface area contributed by atoms with E-state index in [-0.39, 0.29) is 0 Å². The molecule has 0 bridgehead atoms. The molecule has 1 N–H and O–H groups in total. The second-order valence-electron chi connectivity index (χ2n) is 5.17. The van der Waals surface area contributed by atoms with Crippen molar-refractivity contribution in [2.24, 2.45) is 0 Å². The van der Waals surface area contributed by atoms with Crippen LogP contribution < -0.4 is 5.32 Å². The van der Waals surface area contributed by atoms with Gasteiger partial charge in [0.2, 0.25) is 0 Å². The van der Waals surface area contributed by atoms with Gasteiger partial charge in [-0.15, -0.1) is 0 Å². The molecule has 2 aromatic rings. The number of nitrogens with zero attached hydrogens (tertiary/aromatic N) is 3. The molecule has 20 heavy (non-hydrogen) atoms. The highest BCUT2D eigenvalue weighted by Gasteiger charge is 2.27. The van der Waals surface area contributed by atoms with Crippen LogP contribution in [0.4, 0.5) is 5.69 Å². The maximum atomic E-state index is 4.46. The van der Waals surface area contributed by atoms with Gasteiger partial charge in [-0.2, -0.15) is 0 Å². The molecule has 0 atom stereocenters. The van der Waals surface area contributed by atoms with E-state index in [1.807, 2.05) is 24.5 Å². The third kappa shape index (κ3) is 3.10. The number of pyridine rings is 2. The SMILES string of the molecule is CCN(CCNc1ccnc2cc(Br)cnc12)C1CC1. The zero-order chi connectivity index (χ0) is 13.9. The molecule has 0 aliphatic heterocycles. The number of fused-ring (bicyclic) bond motifs is 1. The fourth-order valence-corrected chi connectivity index (χ4v) is 2.84. The van der Waals surface area contributed by atoms with Crippen molar-refractivity contribution in [2.75, 3.05) is 25.0 Å². The molecule has 3 rings (SSSR count). The Bertz CT molecular complexity index is 597. The predicted octanol–water partition coefficient (Wildman–Crippen LogP) is 3.29. The van der Waals surface area contributed by atoms with Gasteiger partial charge in [0.1, 0.15) is 5.52 Å². The first-order valence-corrected chi connectivity index (χ1v) is 7.95. The van der Waals surface area contributed by atoms with Gasteiger partial charge in [0.05, 0.1) is 11.2 Å². The van der Waals surface area contributed by atoms with Gasteiger partial charge < -0.3 is 5.32 Å². The van der Waals surface area contributed by atoms with Crippen molar-refractivity contribution in [1.29, 1.82) is 0 Å². The van der Waals surface area contributed by atoms with E-state index >= 15 is 0 Å². The maximum absolute atomic E-state index is 4.46. The summed E-state index contributed by atoms with van der Waals surface area (Å²) in [5, 5.41) is 3.50. The van der Waals surface area contributed by atoms with Crippen LogP contribution in [-0.2, 0) is 0 Å². The summed E-state index contributed by atoms with van der Waals surface area (Å²) in [7, 11) is 0. The summed E-state index contributed by atoms with van der Waals surface area (Å²) in [6, 6.07) is 4.82. The van der Waals surface area contributed by atoms with Gasteiger partial charge in [0, 0.05) is 36.0 Å². The van der Waals surface area contributed by atoms with Crippen LogP contribution >= 0.6 is 15.9 Å². The summed E-state index contributed by atoms with van der Waals surface area (Å²) in [5.74, 6) is 0. The lowest BCUT2D eigenvalue weighted by molar-refractivity contribution is 0.289. The number of halogens is 1. The van der Waals surface area contributed by atoms with Gasteiger partial charge in [0.15, 0.2) is 0 Å². The number of hydrogen-bond acceptors (Lipinski definition) is 4. The van der Waals surface area contributed by atoms with E-state index in [0.717, 1.165) is 46.9 Å². The molecule has 5 heteroatoms. The average molecular weight is 335 g/mol. The number of aromatic nitrogens is 2. The molecule has 0 radical (unpaired) electrons. The lowest BCUT2D eigenvalue weighted by Crippen LogP contribution is -2.30.